The normalized spacial score (nSPS) is 19.7. The van der Waals surface area contributed by atoms with Gasteiger partial charge in [-0.15, -0.1) is 11.8 Å². The number of anilines is 1. The van der Waals surface area contributed by atoms with Crippen LogP contribution in [0.25, 0.3) is 11.0 Å². The fourth-order valence-corrected chi connectivity index (χ4v) is 6.34. The molecule has 0 aromatic carbocycles. The molecule has 18 heteroatoms. The van der Waals surface area contributed by atoms with Crippen molar-refractivity contribution in [3.05, 3.63) is 46.1 Å². The first-order valence-corrected chi connectivity index (χ1v) is 13.7. The van der Waals surface area contributed by atoms with Crippen LogP contribution in [0.4, 0.5) is 5.13 Å². The van der Waals surface area contributed by atoms with Gasteiger partial charge in [0.05, 0.1) is 18.0 Å². The number of aromatic amines is 1. The molecule has 15 nitrogen and oxygen atoms in total. The number of hydrogen-bond acceptors (Lipinski definition) is 12. The van der Waals surface area contributed by atoms with E-state index in [0.29, 0.717) is 5.57 Å². The van der Waals surface area contributed by atoms with Crippen LogP contribution >= 0.6 is 34.7 Å². The van der Waals surface area contributed by atoms with E-state index in [-0.39, 0.29) is 33.2 Å². The molecule has 1 saturated heterocycles. The molecule has 40 heavy (non-hydrogen) atoms. The predicted molar refractivity (Wildman–Crippen MR) is 140 cm³/mol. The van der Waals surface area contributed by atoms with E-state index in [1.807, 2.05) is 0 Å². The molecule has 1 fully saturated rings. The molecule has 0 spiro atoms. The first-order chi connectivity index (χ1) is 19.0. The van der Waals surface area contributed by atoms with E-state index in [1.54, 1.807) is 29.4 Å². The van der Waals surface area contributed by atoms with Gasteiger partial charge in [-0.25, -0.2) is 14.8 Å². The SMILES string of the molecule is C[C@H](O/N=C(\C(=O)N[C@@H]1C(=O)N2C(C(=O)[O-])=C(C[n+]3ccc4nc[nH]c4c3)CSC12)c1nc(N)sc1Cl)C(=O)O. The second-order valence-corrected chi connectivity index (χ2v) is 11.4. The highest BCUT2D eigenvalue weighted by atomic mass is 35.5. The average Bonchev–Trinajstić information content (AvgIpc) is 3.51. The Bertz CT molecular complexity index is 1620. The number of nitrogens with zero attached hydrogens (tertiary/aromatic N) is 5. The number of halogens is 1. The number of carbonyl (C=O) groups is 4. The molecule has 2 amide bonds. The number of β-lactam (4-membered cyclic amide) rings is 1. The number of rotatable bonds is 9. The van der Waals surface area contributed by atoms with Gasteiger partial charge < -0.3 is 35.9 Å². The second kappa shape index (κ2) is 10.7. The van der Waals surface area contributed by atoms with Gasteiger partial charge in [0.15, 0.2) is 29.8 Å². The van der Waals surface area contributed by atoms with Crippen molar-refractivity contribution in [1.29, 1.82) is 0 Å². The topological polar surface area (TPSA) is 220 Å². The maximum atomic E-state index is 13.2. The van der Waals surface area contributed by atoms with Crippen molar-refractivity contribution in [2.75, 3.05) is 11.5 Å². The Hall–Kier alpha value is -4.22. The lowest BCUT2D eigenvalue weighted by Gasteiger charge is -2.50. The number of pyridine rings is 1. The number of hydrogen-bond donors (Lipinski definition) is 4. The van der Waals surface area contributed by atoms with Crippen molar-refractivity contribution in [2.24, 2.45) is 5.16 Å². The van der Waals surface area contributed by atoms with Crippen molar-refractivity contribution in [2.45, 2.75) is 31.0 Å². The van der Waals surface area contributed by atoms with Gasteiger partial charge >= 0.3 is 5.97 Å². The molecular formula is C22H19ClN8O7S2. The predicted octanol–water partition coefficient (Wildman–Crippen LogP) is -1.16. The van der Waals surface area contributed by atoms with Crippen LogP contribution in [0.2, 0.25) is 4.34 Å². The van der Waals surface area contributed by atoms with E-state index in [4.69, 9.17) is 27.3 Å². The van der Waals surface area contributed by atoms with Crippen molar-refractivity contribution in [3.8, 4) is 0 Å². The highest BCUT2D eigenvalue weighted by Gasteiger charge is 2.53. The Morgan fingerprint density at radius 2 is 2.25 bits per heavy atom. The van der Waals surface area contributed by atoms with Crippen LogP contribution in [0.3, 0.4) is 0 Å². The number of carboxylic acid groups (broad SMARTS) is 2. The maximum absolute atomic E-state index is 13.2. The second-order valence-electron chi connectivity index (χ2n) is 8.62. The summed E-state index contributed by atoms with van der Waals surface area (Å²) in [4.78, 5) is 66.6. The molecule has 1 unspecified atom stereocenters. The molecule has 3 atom stereocenters. The summed E-state index contributed by atoms with van der Waals surface area (Å²) in [5, 5.41) is 26.6. The lowest BCUT2D eigenvalue weighted by molar-refractivity contribution is -0.687. The van der Waals surface area contributed by atoms with E-state index in [0.717, 1.165) is 27.3 Å². The zero-order valence-electron chi connectivity index (χ0n) is 20.4. The standard InChI is InChI=1S/C22H19ClN8O7S2/c1-8(20(34)35)38-29-13(12-16(23)40-22(24)28-12)17(32)27-14-18(33)31-15(21(36)37)9(6-39-19(14)31)4-30-3-2-10-11(5-30)26-7-25-10/h2-3,5,7-8,14,19H,4,6H2,1H3,(H5,24,27,28,32,34,35,36,37)/b29-13-/t8-,14+,19?/m0/s1. The third-order valence-electron chi connectivity index (χ3n) is 6.01. The van der Waals surface area contributed by atoms with E-state index in [1.165, 1.54) is 18.7 Å². The van der Waals surface area contributed by atoms with Crippen LogP contribution in [0.1, 0.15) is 12.6 Å². The molecule has 5 N–H and O–H groups in total. The van der Waals surface area contributed by atoms with Gasteiger partial charge in [-0.1, -0.05) is 28.1 Å². The van der Waals surface area contributed by atoms with E-state index < -0.39 is 47.0 Å². The van der Waals surface area contributed by atoms with Crippen LogP contribution in [-0.2, 0) is 30.6 Å². The van der Waals surface area contributed by atoms with Gasteiger partial charge in [-0.2, -0.15) is 4.57 Å². The summed E-state index contributed by atoms with van der Waals surface area (Å²) >= 11 is 8.24. The summed E-state index contributed by atoms with van der Waals surface area (Å²) in [5.74, 6) is -4.25. The summed E-state index contributed by atoms with van der Waals surface area (Å²) in [5.41, 5.74) is 6.69. The Morgan fingerprint density at radius 1 is 1.48 bits per heavy atom. The van der Waals surface area contributed by atoms with E-state index >= 15 is 0 Å². The van der Waals surface area contributed by atoms with Crippen LogP contribution in [0, 0.1) is 0 Å². The third-order valence-corrected chi connectivity index (χ3v) is 8.43. The van der Waals surface area contributed by atoms with E-state index in [9.17, 15) is 24.3 Å². The average molecular weight is 607 g/mol. The van der Waals surface area contributed by atoms with Gasteiger partial charge in [0, 0.05) is 17.4 Å². The number of H-pyrrole nitrogens is 1. The number of amides is 2. The molecular weight excluding hydrogens is 588 g/mol. The third kappa shape index (κ3) is 5.05. The molecule has 0 bridgehead atoms. The summed E-state index contributed by atoms with van der Waals surface area (Å²) < 4.78 is 1.75. The number of carbonyl (C=O) groups excluding carboxylic acids is 3. The highest BCUT2D eigenvalue weighted by molar-refractivity contribution is 8.00. The molecule has 208 valence electrons. The molecule has 2 aliphatic rings. The van der Waals surface area contributed by atoms with Crippen molar-refractivity contribution >= 4 is 80.3 Å². The Balaban J connectivity index is 1.37. The van der Waals surface area contributed by atoms with Gasteiger partial charge in [0.1, 0.15) is 32.5 Å². The lowest BCUT2D eigenvalue weighted by Crippen LogP contribution is -2.71. The van der Waals surface area contributed by atoms with Crippen molar-refractivity contribution < 1.29 is 38.8 Å². The molecule has 3 aromatic heterocycles. The molecule has 3 aromatic rings. The minimum absolute atomic E-state index is 0.00999. The van der Waals surface area contributed by atoms with Gasteiger partial charge in [-0.3, -0.25) is 14.5 Å². The van der Waals surface area contributed by atoms with E-state index in [2.05, 4.69) is 25.4 Å². The number of thiazole rings is 1. The zero-order chi connectivity index (χ0) is 28.7. The number of fused-ring (bicyclic) bond motifs is 2. The number of aromatic nitrogens is 4. The number of aliphatic carboxylic acids is 2. The molecule has 0 radical (unpaired) electrons. The minimum Gasteiger partial charge on any atom is -0.543 e. The Morgan fingerprint density at radius 3 is 2.92 bits per heavy atom. The van der Waals surface area contributed by atoms with Crippen molar-refractivity contribution in [1.82, 2.24) is 25.2 Å². The van der Waals surface area contributed by atoms with Gasteiger partial charge in [0.2, 0.25) is 6.10 Å². The quantitative estimate of drug-likeness (QED) is 0.0984. The lowest BCUT2D eigenvalue weighted by atomic mass is 10.0. The number of oxime groups is 1. The van der Waals surface area contributed by atoms with Crippen LogP contribution in [-0.4, -0.2) is 77.7 Å². The smallest absolute Gasteiger partial charge is 0.347 e. The Kier molecular flexibility index (Phi) is 7.35. The maximum Gasteiger partial charge on any atom is 0.347 e. The van der Waals surface area contributed by atoms with Crippen LogP contribution in [0.15, 0.2) is 41.2 Å². The number of imidazole rings is 1. The zero-order valence-corrected chi connectivity index (χ0v) is 22.7. The number of carboxylic acids is 2. The fraction of sp³-hybridized carbons (Fsp3) is 0.273. The van der Waals surface area contributed by atoms with Crippen molar-refractivity contribution in [3.63, 3.8) is 0 Å². The number of nitrogens with one attached hydrogen (secondary N) is 2. The molecule has 0 saturated carbocycles. The summed E-state index contributed by atoms with van der Waals surface area (Å²) in [7, 11) is 0. The molecule has 5 heterocycles. The minimum atomic E-state index is -1.52. The molecule has 5 rings (SSSR count). The monoisotopic (exact) mass is 606 g/mol. The summed E-state index contributed by atoms with van der Waals surface area (Å²) in [6.45, 7) is 1.37. The Labute approximate surface area is 237 Å². The fourth-order valence-electron chi connectivity index (χ4n) is 4.08. The van der Waals surface area contributed by atoms with Gasteiger partial charge in [-0.05, 0) is 6.92 Å². The van der Waals surface area contributed by atoms with Gasteiger partial charge in [0.25, 0.3) is 11.8 Å². The summed E-state index contributed by atoms with van der Waals surface area (Å²) in [6, 6.07) is 0.645. The number of nitrogens with two attached hydrogens (primary N) is 1. The summed E-state index contributed by atoms with van der Waals surface area (Å²) in [6.07, 6.45) is 3.64. The molecule has 2 aliphatic heterocycles. The first-order valence-electron chi connectivity index (χ1n) is 11.4. The van der Waals surface area contributed by atoms with Crippen LogP contribution in [0.5, 0.6) is 0 Å². The molecule has 0 aliphatic carbocycles. The van der Waals surface area contributed by atoms with Crippen LogP contribution < -0.4 is 20.7 Å². The number of thioether (sulfide) groups is 1. The largest absolute Gasteiger partial charge is 0.543 e. The number of nitrogen functional groups attached to an aromatic ring is 1. The first kappa shape index (κ1) is 27.4. The highest BCUT2D eigenvalue weighted by Crippen LogP contribution is 2.40.